The first-order chi connectivity index (χ1) is 7.72. The van der Waals surface area contributed by atoms with E-state index in [1.54, 1.807) is 6.26 Å². The van der Waals surface area contributed by atoms with Crippen molar-refractivity contribution in [3.8, 4) is 0 Å². The quantitative estimate of drug-likeness (QED) is 0.858. The van der Waals surface area contributed by atoms with E-state index in [1.165, 1.54) is 0 Å². The van der Waals surface area contributed by atoms with Gasteiger partial charge in [-0.3, -0.25) is 4.68 Å². The van der Waals surface area contributed by atoms with Crippen LogP contribution in [0.2, 0.25) is 0 Å². The highest BCUT2D eigenvalue weighted by atomic mass is 16.3. The van der Waals surface area contributed by atoms with Gasteiger partial charge in [0.05, 0.1) is 18.5 Å². The average Bonchev–Trinajstić information content (AvgIpc) is 2.87. The van der Waals surface area contributed by atoms with Gasteiger partial charge in [0.1, 0.15) is 5.76 Å². The zero-order valence-corrected chi connectivity index (χ0v) is 9.68. The van der Waals surface area contributed by atoms with Crippen LogP contribution in [0, 0.1) is 6.92 Å². The number of aryl methyl sites for hydroxylation is 2. The fourth-order valence-electron chi connectivity index (χ4n) is 1.75. The van der Waals surface area contributed by atoms with Gasteiger partial charge in [-0.25, -0.2) is 0 Å². The zero-order chi connectivity index (χ0) is 11.5. The Morgan fingerprint density at radius 1 is 1.56 bits per heavy atom. The Hall–Kier alpha value is -1.55. The van der Waals surface area contributed by atoms with E-state index in [4.69, 9.17) is 10.2 Å². The van der Waals surface area contributed by atoms with Crippen LogP contribution < -0.4 is 5.73 Å². The van der Waals surface area contributed by atoms with Gasteiger partial charge in [-0.1, -0.05) is 6.92 Å². The maximum absolute atomic E-state index is 6.12. The number of furan rings is 1. The largest absolute Gasteiger partial charge is 0.467 e. The summed E-state index contributed by atoms with van der Waals surface area (Å²) in [5, 5.41) is 4.26. The van der Waals surface area contributed by atoms with Crippen LogP contribution in [-0.2, 0) is 6.54 Å². The molecular weight excluding hydrogens is 202 g/mol. The molecule has 0 amide bonds. The number of aromatic nitrogens is 2. The summed E-state index contributed by atoms with van der Waals surface area (Å²) < 4.78 is 7.30. The Kier molecular flexibility index (Phi) is 3.10. The van der Waals surface area contributed by atoms with Crippen molar-refractivity contribution in [3.63, 3.8) is 0 Å². The van der Waals surface area contributed by atoms with Gasteiger partial charge in [-0.2, -0.15) is 5.10 Å². The van der Waals surface area contributed by atoms with Crippen LogP contribution in [-0.4, -0.2) is 9.78 Å². The monoisotopic (exact) mass is 219 g/mol. The Balaban J connectivity index is 2.20. The van der Waals surface area contributed by atoms with E-state index in [1.807, 2.05) is 30.1 Å². The molecule has 0 spiro atoms. The molecule has 2 rings (SSSR count). The lowest BCUT2D eigenvalue weighted by Crippen LogP contribution is -2.11. The maximum Gasteiger partial charge on any atom is 0.128 e. The van der Waals surface area contributed by atoms with Crippen molar-refractivity contribution in [2.24, 2.45) is 5.73 Å². The van der Waals surface area contributed by atoms with Crippen molar-refractivity contribution in [2.45, 2.75) is 32.9 Å². The van der Waals surface area contributed by atoms with Crippen molar-refractivity contribution in [3.05, 3.63) is 41.6 Å². The highest BCUT2D eigenvalue weighted by Gasteiger charge is 2.16. The molecule has 0 aliphatic rings. The van der Waals surface area contributed by atoms with Gasteiger partial charge >= 0.3 is 0 Å². The summed E-state index contributed by atoms with van der Waals surface area (Å²) in [6, 6.07) is 1.70. The lowest BCUT2D eigenvalue weighted by atomic mass is 10.1. The summed E-state index contributed by atoms with van der Waals surface area (Å²) in [6.45, 7) is 5.04. The molecule has 2 aromatic heterocycles. The maximum atomic E-state index is 6.12. The van der Waals surface area contributed by atoms with Crippen molar-refractivity contribution >= 4 is 0 Å². The Morgan fingerprint density at radius 3 is 3.00 bits per heavy atom. The molecule has 2 heterocycles. The first kappa shape index (κ1) is 11.0. The number of hydrogen-bond donors (Lipinski definition) is 1. The second-order valence-electron chi connectivity index (χ2n) is 3.98. The summed E-state index contributed by atoms with van der Waals surface area (Å²) in [7, 11) is 0. The third-order valence-corrected chi connectivity index (χ3v) is 2.65. The highest BCUT2D eigenvalue weighted by molar-refractivity contribution is 5.27. The summed E-state index contributed by atoms with van der Waals surface area (Å²) in [4.78, 5) is 0. The Bertz CT molecular complexity index is 458. The average molecular weight is 219 g/mol. The lowest BCUT2D eigenvalue weighted by molar-refractivity contribution is 0.486. The molecule has 0 aliphatic heterocycles. The predicted octanol–water partition coefficient (Wildman–Crippen LogP) is 2.24. The Labute approximate surface area is 95.1 Å². The van der Waals surface area contributed by atoms with Crippen molar-refractivity contribution in [2.75, 3.05) is 0 Å². The number of hydrogen-bond acceptors (Lipinski definition) is 3. The molecule has 0 radical (unpaired) electrons. The molecule has 0 saturated heterocycles. The zero-order valence-electron chi connectivity index (χ0n) is 9.68. The lowest BCUT2D eigenvalue weighted by Gasteiger charge is -2.06. The molecule has 0 aromatic carbocycles. The van der Waals surface area contributed by atoms with Crippen LogP contribution in [0.25, 0.3) is 0 Å². The van der Waals surface area contributed by atoms with Crippen LogP contribution in [0.4, 0.5) is 0 Å². The van der Waals surface area contributed by atoms with Crippen LogP contribution in [0.5, 0.6) is 0 Å². The highest BCUT2D eigenvalue weighted by Crippen LogP contribution is 2.22. The van der Waals surface area contributed by atoms with Crippen molar-refractivity contribution in [1.82, 2.24) is 9.78 Å². The van der Waals surface area contributed by atoms with Gasteiger partial charge in [-0.15, -0.1) is 0 Å². The smallest absolute Gasteiger partial charge is 0.128 e. The summed E-state index contributed by atoms with van der Waals surface area (Å²) in [6.07, 6.45) is 6.52. The third-order valence-electron chi connectivity index (χ3n) is 2.65. The first-order valence-corrected chi connectivity index (χ1v) is 5.54. The standard InChI is InChI=1S/C12H17N3O/c1-3-5-15-8-10(7-14-15)11(13)12-9(2)4-6-16-12/h4,6-8,11H,3,5,13H2,1-2H3. The predicted molar refractivity (Wildman–Crippen MR) is 62.0 cm³/mol. The van der Waals surface area contributed by atoms with E-state index in [-0.39, 0.29) is 6.04 Å². The molecule has 0 fully saturated rings. The molecule has 1 atom stereocenters. The second-order valence-corrected chi connectivity index (χ2v) is 3.98. The molecule has 86 valence electrons. The minimum atomic E-state index is -0.222. The van der Waals surface area contributed by atoms with Gasteiger partial charge in [0.2, 0.25) is 0 Å². The second kappa shape index (κ2) is 4.53. The molecule has 2 N–H and O–H groups in total. The molecule has 0 bridgehead atoms. The fraction of sp³-hybridized carbons (Fsp3) is 0.417. The summed E-state index contributed by atoms with van der Waals surface area (Å²) >= 11 is 0. The van der Waals surface area contributed by atoms with Crippen LogP contribution >= 0.6 is 0 Å². The summed E-state index contributed by atoms with van der Waals surface area (Å²) in [5.41, 5.74) is 8.20. The van der Waals surface area contributed by atoms with Crippen LogP contribution in [0.1, 0.15) is 36.3 Å². The number of nitrogens with two attached hydrogens (primary N) is 1. The fourth-order valence-corrected chi connectivity index (χ4v) is 1.75. The minimum Gasteiger partial charge on any atom is -0.467 e. The van der Waals surface area contributed by atoms with Crippen molar-refractivity contribution < 1.29 is 4.42 Å². The molecule has 4 nitrogen and oxygen atoms in total. The Morgan fingerprint density at radius 2 is 2.38 bits per heavy atom. The molecule has 2 aromatic rings. The third kappa shape index (κ3) is 2.02. The van der Waals surface area contributed by atoms with Gasteiger partial charge in [-0.05, 0) is 25.0 Å². The normalized spacial score (nSPS) is 12.9. The SMILES string of the molecule is CCCn1cc(C(N)c2occc2C)cn1. The van der Waals surface area contributed by atoms with E-state index in [0.717, 1.165) is 29.9 Å². The molecule has 0 saturated carbocycles. The topological polar surface area (TPSA) is 57.0 Å². The first-order valence-electron chi connectivity index (χ1n) is 5.54. The molecule has 16 heavy (non-hydrogen) atoms. The molecule has 0 aliphatic carbocycles. The van der Waals surface area contributed by atoms with Gasteiger partial charge in [0, 0.05) is 18.3 Å². The van der Waals surface area contributed by atoms with Gasteiger partial charge in [0.15, 0.2) is 0 Å². The number of rotatable bonds is 4. The van der Waals surface area contributed by atoms with E-state index in [0.29, 0.717) is 0 Å². The minimum absolute atomic E-state index is 0.222. The molecule has 1 unspecified atom stereocenters. The van der Waals surface area contributed by atoms with E-state index in [9.17, 15) is 0 Å². The van der Waals surface area contributed by atoms with E-state index >= 15 is 0 Å². The van der Waals surface area contributed by atoms with E-state index < -0.39 is 0 Å². The molecule has 4 heteroatoms. The summed E-state index contributed by atoms with van der Waals surface area (Å²) in [5.74, 6) is 0.816. The van der Waals surface area contributed by atoms with Crippen LogP contribution in [0.3, 0.4) is 0 Å². The van der Waals surface area contributed by atoms with Crippen molar-refractivity contribution in [1.29, 1.82) is 0 Å². The van der Waals surface area contributed by atoms with E-state index in [2.05, 4.69) is 12.0 Å². The van der Waals surface area contributed by atoms with Crippen LogP contribution in [0.15, 0.2) is 29.1 Å². The molecular formula is C12H17N3O. The number of nitrogens with zero attached hydrogens (tertiary/aromatic N) is 2. The van der Waals surface area contributed by atoms with Gasteiger partial charge in [0.25, 0.3) is 0 Å². The van der Waals surface area contributed by atoms with Gasteiger partial charge < -0.3 is 10.2 Å².